The van der Waals surface area contributed by atoms with E-state index in [4.69, 9.17) is 0 Å². The van der Waals surface area contributed by atoms with Crippen molar-refractivity contribution in [2.24, 2.45) is 0 Å². The van der Waals surface area contributed by atoms with E-state index >= 15 is 0 Å². The van der Waals surface area contributed by atoms with E-state index in [1.807, 2.05) is 48.6 Å². The molecule has 0 radical (unpaired) electrons. The van der Waals surface area contributed by atoms with Gasteiger partial charge in [-0.05, 0) is 59.7 Å². The zero-order valence-electron chi connectivity index (χ0n) is 9.84. The molecule has 0 saturated carbocycles. The predicted octanol–water partition coefficient (Wildman–Crippen LogP) is 3.50. The Morgan fingerprint density at radius 1 is 1.33 bits per heavy atom. The first-order chi connectivity index (χ1) is 8.49. The van der Waals surface area contributed by atoms with Crippen LogP contribution in [0.2, 0.25) is 0 Å². The summed E-state index contributed by atoms with van der Waals surface area (Å²) in [6.45, 7) is 4.03. The highest BCUT2D eigenvalue weighted by Crippen LogP contribution is 2.28. The van der Waals surface area contributed by atoms with Gasteiger partial charge >= 0.3 is 0 Å². The SMILES string of the molecule is Cc1cc(Br)cc(C)c1Nc1nc[nH]c(=O)c1I. The van der Waals surface area contributed by atoms with Crippen LogP contribution in [0.1, 0.15) is 11.1 Å². The molecule has 0 atom stereocenters. The number of hydrogen-bond acceptors (Lipinski definition) is 3. The number of halogens is 2. The lowest BCUT2D eigenvalue weighted by Gasteiger charge is -2.13. The average molecular weight is 420 g/mol. The van der Waals surface area contributed by atoms with Crippen LogP contribution in [0.15, 0.2) is 27.7 Å². The van der Waals surface area contributed by atoms with Gasteiger partial charge in [-0.25, -0.2) is 4.98 Å². The number of H-pyrrole nitrogens is 1. The summed E-state index contributed by atoms with van der Waals surface area (Å²) < 4.78 is 1.59. The van der Waals surface area contributed by atoms with E-state index < -0.39 is 0 Å². The van der Waals surface area contributed by atoms with Gasteiger partial charge < -0.3 is 10.3 Å². The summed E-state index contributed by atoms with van der Waals surface area (Å²) in [5.41, 5.74) is 3.04. The molecular weight excluding hydrogens is 409 g/mol. The molecule has 0 amide bonds. The van der Waals surface area contributed by atoms with Crippen LogP contribution in [0.3, 0.4) is 0 Å². The Labute approximate surface area is 126 Å². The molecule has 4 nitrogen and oxygen atoms in total. The second kappa shape index (κ2) is 5.40. The molecule has 0 spiro atoms. The van der Waals surface area contributed by atoms with Crippen molar-refractivity contribution in [3.05, 3.63) is 48.0 Å². The fourth-order valence-electron chi connectivity index (χ4n) is 1.70. The van der Waals surface area contributed by atoms with Crippen LogP contribution in [0, 0.1) is 17.4 Å². The van der Waals surface area contributed by atoms with Crippen molar-refractivity contribution in [3.63, 3.8) is 0 Å². The Morgan fingerprint density at radius 2 is 1.94 bits per heavy atom. The van der Waals surface area contributed by atoms with Gasteiger partial charge in [-0.1, -0.05) is 15.9 Å². The van der Waals surface area contributed by atoms with Crippen molar-refractivity contribution in [3.8, 4) is 0 Å². The first-order valence-electron chi connectivity index (χ1n) is 5.26. The van der Waals surface area contributed by atoms with Gasteiger partial charge in [0.25, 0.3) is 5.56 Å². The van der Waals surface area contributed by atoms with E-state index in [0.29, 0.717) is 9.39 Å². The third-order valence-electron chi connectivity index (χ3n) is 2.54. The molecule has 1 aromatic carbocycles. The normalized spacial score (nSPS) is 10.4. The molecule has 0 aliphatic heterocycles. The number of aryl methyl sites for hydroxylation is 2. The minimum atomic E-state index is -0.138. The average Bonchev–Trinajstić information content (AvgIpc) is 2.28. The number of anilines is 2. The summed E-state index contributed by atoms with van der Waals surface area (Å²) in [7, 11) is 0. The summed E-state index contributed by atoms with van der Waals surface area (Å²) in [5, 5.41) is 3.22. The smallest absolute Gasteiger partial charge is 0.266 e. The van der Waals surface area contributed by atoms with Crippen LogP contribution in [0.4, 0.5) is 11.5 Å². The molecule has 18 heavy (non-hydrogen) atoms. The van der Waals surface area contributed by atoms with Gasteiger partial charge in [-0.15, -0.1) is 0 Å². The maximum Gasteiger partial charge on any atom is 0.266 e. The maximum atomic E-state index is 11.5. The molecule has 2 aromatic rings. The van der Waals surface area contributed by atoms with Crippen molar-refractivity contribution < 1.29 is 0 Å². The molecule has 6 heteroatoms. The third-order valence-corrected chi connectivity index (χ3v) is 4.00. The second-order valence-electron chi connectivity index (χ2n) is 3.93. The number of hydrogen-bond donors (Lipinski definition) is 2. The number of nitrogens with zero attached hydrogens (tertiary/aromatic N) is 1. The minimum absolute atomic E-state index is 0.138. The molecule has 2 N–H and O–H groups in total. The van der Waals surface area contributed by atoms with Crippen molar-refractivity contribution in [2.45, 2.75) is 13.8 Å². The number of nitrogens with one attached hydrogen (secondary N) is 2. The monoisotopic (exact) mass is 419 g/mol. The Hall–Kier alpha value is -0.890. The zero-order chi connectivity index (χ0) is 13.3. The van der Waals surface area contributed by atoms with Crippen molar-refractivity contribution in [2.75, 3.05) is 5.32 Å². The number of benzene rings is 1. The van der Waals surface area contributed by atoms with Gasteiger partial charge in [0.2, 0.25) is 0 Å². The molecule has 0 bridgehead atoms. The molecule has 0 saturated heterocycles. The van der Waals surface area contributed by atoms with Crippen LogP contribution in [0.5, 0.6) is 0 Å². The summed E-state index contributed by atoms with van der Waals surface area (Å²) in [6.07, 6.45) is 1.40. The van der Waals surface area contributed by atoms with Crippen LogP contribution < -0.4 is 10.9 Å². The van der Waals surface area contributed by atoms with E-state index in [0.717, 1.165) is 21.3 Å². The molecule has 1 heterocycles. The van der Waals surface area contributed by atoms with Crippen LogP contribution in [0.25, 0.3) is 0 Å². The predicted molar refractivity (Wildman–Crippen MR) is 84.5 cm³/mol. The highest BCUT2D eigenvalue weighted by atomic mass is 127. The van der Waals surface area contributed by atoms with Crippen molar-refractivity contribution in [1.29, 1.82) is 0 Å². The maximum absolute atomic E-state index is 11.5. The van der Waals surface area contributed by atoms with Crippen LogP contribution in [-0.4, -0.2) is 9.97 Å². The lowest BCUT2D eigenvalue weighted by atomic mass is 10.1. The Balaban J connectivity index is 2.47. The topological polar surface area (TPSA) is 57.8 Å². The molecule has 0 aliphatic rings. The molecule has 2 rings (SSSR count). The molecule has 1 aromatic heterocycles. The number of aromatic nitrogens is 2. The quantitative estimate of drug-likeness (QED) is 0.732. The zero-order valence-corrected chi connectivity index (χ0v) is 13.6. The van der Waals surface area contributed by atoms with Crippen LogP contribution in [-0.2, 0) is 0 Å². The second-order valence-corrected chi connectivity index (χ2v) is 5.93. The molecule has 0 fully saturated rings. The summed E-state index contributed by atoms with van der Waals surface area (Å²) in [4.78, 5) is 18.2. The largest absolute Gasteiger partial charge is 0.339 e. The van der Waals surface area contributed by atoms with Gasteiger partial charge in [0.15, 0.2) is 5.82 Å². The number of rotatable bonds is 2. The summed E-state index contributed by atoms with van der Waals surface area (Å²) in [5.74, 6) is 0.577. The molecule has 0 unspecified atom stereocenters. The molecule has 0 aliphatic carbocycles. The van der Waals surface area contributed by atoms with E-state index in [9.17, 15) is 4.79 Å². The van der Waals surface area contributed by atoms with Gasteiger partial charge in [0, 0.05) is 10.2 Å². The highest BCUT2D eigenvalue weighted by Gasteiger charge is 2.09. The van der Waals surface area contributed by atoms with E-state index in [2.05, 4.69) is 31.2 Å². The fraction of sp³-hybridized carbons (Fsp3) is 0.167. The highest BCUT2D eigenvalue weighted by molar-refractivity contribution is 14.1. The van der Waals surface area contributed by atoms with Crippen molar-refractivity contribution >= 4 is 50.0 Å². The Kier molecular flexibility index (Phi) is 4.06. The minimum Gasteiger partial charge on any atom is -0.339 e. The van der Waals surface area contributed by atoms with E-state index in [1.165, 1.54) is 6.33 Å². The summed E-state index contributed by atoms with van der Waals surface area (Å²) in [6, 6.07) is 4.05. The van der Waals surface area contributed by atoms with Gasteiger partial charge in [0.1, 0.15) is 3.57 Å². The van der Waals surface area contributed by atoms with Crippen molar-refractivity contribution in [1.82, 2.24) is 9.97 Å². The third kappa shape index (κ3) is 2.74. The standard InChI is InChI=1S/C12H11BrIN3O/c1-6-3-8(13)4-7(2)10(6)17-11-9(14)12(18)16-5-15-11/h3-5H,1-2H3,(H2,15,16,17,18). The first-order valence-corrected chi connectivity index (χ1v) is 7.13. The van der Waals surface area contributed by atoms with Gasteiger partial charge in [-0.2, -0.15) is 0 Å². The molecular formula is C12H11BrIN3O. The molecule has 94 valence electrons. The lowest BCUT2D eigenvalue weighted by Crippen LogP contribution is -2.13. The Morgan fingerprint density at radius 3 is 2.56 bits per heavy atom. The fourth-order valence-corrected chi connectivity index (χ4v) is 2.81. The first kappa shape index (κ1) is 13.5. The number of aromatic amines is 1. The van der Waals surface area contributed by atoms with E-state index in [-0.39, 0.29) is 5.56 Å². The Bertz CT molecular complexity index is 631. The van der Waals surface area contributed by atoms with Crippen LogP contribution >= 0.6 is 38.5 Å². The summed E-state index contributed by atoms with van der Waals surface area (Å²) >= 11 is 5.44. The van der Waals surface area contributed by atoms with Gasteiger partial charge in [0.05, 0.1) is 6.33 Å². The lowest BCUT2D eigenvalue weighted by molar-refractivity contribution is 1.10. The van der Waals surface area contributed by atoms with E-state index in [1.54, 1.807) is 0 Å². The van der Waals surface area contributed by atoms with Gasteiger partial charge in [-0.3, -0.25) is 4.79 Å².